The average molecular weight is 286 g/mol. The topological polar surface area (TPSA) is 29.1 Å². The summed E-state index contributed by atoms with van der Waals surface area (Å²) >= 11 is 3.07. The summed E-state index contributed by atoms with van der Waals surface area (Å²) in [6.07, 6.45) is 2.31. The molecule has 1 fully saturated rings. The van der Waals surface area contributed by atoms with Crippen molar-refractivity contribution in [2.24, 2.45) is 5.92 Å². The van der Waals surface area contributed by atoms with Gasteiger partial charge in [-0.05, 0) is 53.7 Å². The first-order chi connectivity index (χ1) is 7.59. The smallest absolute Gasteiger partial charge is 0.254 e. The number of hydrogen-bond donors (Lipinski definition) is 1. The minimum absolute atomic E-state index is 0.0990. The van der Waals surface area contributed by atoms with Crippen LogP contribution in [0.2, 0.25) is 0 Å². The molecule has 1 unspecified atom stereocenters. The molecular formula is C12H13BrFNO. The zero-order valence-corrected chi connectivity index (χ0v) is 10.6. The van der Waals surface area contributed by atoms with E-state index in [-0.39, 0.29) is 17.5 Å². The number of hydrogen-bond acceptors (Lipinski definition) is 1. The Bertz CT molecular complexity index is 417. The van der Waals surface area contributed by atoms with Gasteiger partial charge < -0.3 is 5.32 Å². The molecule has 1 aromatic carbocycles. The SMILES string of the molecule is CC(NC(=O)c1cccc(Br)c1F)C1CC1. The first kappa shape index (κ1) is 11.6. The van der Waals surface area contributed by atoms with Crippen LogP contribution >= 0.6 is 15.9 Å². The summed E-state index contributed by atoms with van der Waals surface area (Å²) in [5.74, 6) is -0.264. The second kappa shape index (κ2) is 4.53. The summed E-state index contributed by atoms with van der Waals surface area (Å²) in [6, 6.07) is 4.86. The third kappa shape index (κ3) is 2.43. The van der Waals surface area contributed by atoms with Crippen LogP contribution in [-0.2, 0) is 0 Å². The lowest BCUT2D eigenvalue weighted by atomic mass is 10.1. The van der Waals surface area contributed by atoms with Gasteiger partial charge in [0, 0.05) is 6.04 Å². The summed E-state index contributed by atoms with van der Waals surface area (Å²) in [6.45, 7) is 1.96. The van der Waals surface area contributed by atoms with Crippen LogP contribution in [0.1, 0.15) is 30.1 Å². The number of carbonyl (C=O) groups is 1. The van der Waals surface area contributed by atoms with Crippen molar-refractivity contribution < 1.29 is 9.18 Å². The number of benzene rings is 1. The minimum Gasteiger partial charge on any atom is -0.349 e. The Balaban J connectivity index is 2.10. The van der Waals surface area contributed by atoms with Crippen LogP contribution in [0.3, 0.4) is 0 Å². The van der Waals surface area contributed by atoms with E-state index in [2.05, 4.69) is 21.2 Å². The third-order valence-electron chi connectivity index (χ3n) is 2.88. The Kier molecular flexibility index (Phi) is 3.28. The van der Waals surface area contributed by atoms with E-state index in [1.165, 1.54) is 6.07 Å². The van der Waals surface area contributed by atoms with Gasteiger partial charge in [-0.3, -0.25) is 4.79 Å². The summed E-state index contributed by atoms with van der Waals surface area (Å²) in [4.78, 5) is 11.8. The molecule has 2 nitrogen and oxygen atoms in total. The molecule has 1 aliphatic carbocycles. The lowest BCUT2D eigenvalue weighted by Crippen LogP contribution is -2.34. The standard InChI is InChI=1S/C12H13BrFNO/c1-7(8-5-6-8)15-12(16)9-3-2-4-10(13)11(9)14/h2-4,7-8H,5-6H2,1H3,(H,15,16). The molecule has 4 heteroatoms. The van der Waals surface area contributed by atoms with Gasteiger partial charge in [0.25, 0.3) is 5.91 Å². The summed E-state index contributed by atoms with van der Waals surface area (Å²) < 4.78 is 13.9. The average Bonchev–Trinajstić information content (AvgIpc) is 3.05. The molecule has 1 atom stereocenters. The Hall–Kier alpha value is -0.900. The van der Waals surface area contributed by atoms with Crippen molar-refractivity contribution >= 4 is 21.8 Å². The van der Waals surface area contributed by atoms with Crippen molar-refractivity contribution in [1.82, 2.24) is 5.32 Å². The number of amides is 1. The zero-order valence-electron chi connectivity index (χ0n) is 8.97. The van der Waals surface area contributed by atoms with E-state index in [0.717, 1.165) is 12.8 Å². The third-order valence-corrected chi connectivity index (χ3v) is 3.50. The van der Waals surface area contributed by atoms with E-state index in [0.29, 0.717) is 10.4 Å². The first-order valence-corrected chi connectivity index (χ1v) is 6.13. The Morgan fingerprint density at radius 2 is 2.25 bits per heavy atom. The van der Waals surface area contributed by atoms with Crippen LogP contribution in [0, 0.1) is 11.7 Å². The maximum atomic E-state index is 13.6. The molecule has 1 N–H and O–H groups in total. The predicted octanol–water partition coefficient (Wildman–Crippen LogP) is 3.12. The van der Waals surface area contributed by atoms with Gasteiger partial charge in [-0.25, -0.2) is 4.39 Å². The van der Waals surface area contributed by atoms with Crippen molar-refractivity contribution in [2.75, 3.05) is 0 Å². The van der Waals surface area contributed by atoms with E-state index in [4.69, 9.17) is 0 Å². The van der Waals surface area contributed by atoms with Crippen LogP contribution in [0.5, 0.6) is 0 Å². The normalized spacial score (nSPS) is 16.9. The fourth-order valence-corrected chi connectivity index (χ4v) is 2.04. The highest BCUT2D eigenvalue weighted by Crippen LogP contribution is 2.32. The van der Waals surface area contributed by atoms with Crippen molar-refractivity contribution in [3.05, 3.63) is 34.1 Å². The lowest BCUT2D eigenvalue weighted by molar-refractivity contribution is 0.0931. The van der Waals surface area contributed by atoms with Crippen LogP contribution in [0.4, 0.5) is 4.39 Å². The van der Waals surface area contributed by atoms with Crippen molar-refractivity contribution in [3.8, 4) is 0 Å². The molecule has 86 valence electrons. The summed E-state index contributed by atoms with van der Waals surface area (Å²) in [5.41, 5.74) is 0.0990. The molecular weight excluding hydrogens is 273 g/mol. The fourth-order valence-electron chi connectivity index (χ4n) is 1.68. The highest BCUT2D eigenvalue weighted by atomic mass is 79.9. The monoisotopic (exact) mass is 285 g/mol. The molecule has 1 amide bonds. The van der Waals surface area contributed by atoms with E-state index in [1.54, 1.807) is 12.1 Å². The van der Waals surface area contributed by atoms with Gasteiger partial charge in [0.2, 0.25) is 0 Å². The second-order valence-electron chi connectivity index (χ2n) is 4.20. The maximum absolute atomic E-state index is 13.6. The van der Waals surface area contributed by atoms with E-state index < -0.39 is 5.82 Å². The van der Waals surface area contributed by atoms with Gasteiger partial charge in [0.1, 0.15) is 5.82 Å². The Morgan fingerprint density at radius 1 is 1.56 bits per heavy atom. The Morgan fingerprint density at radius 3 is 2.88 bits per heavy atom. The lowest BCUT2D eigenvalue weighted by Gasteiger charge is -2.13. The molecule has 0 aliphatic heterocycles. The summed E-state index contributed by atoms with van der Waals surface area (Å²) in [5, 5.41) is 2.83. The van der Waals surface area contributed by atoms with E-state index >= 15 is 0 Å². The largest absolute Gasteiger partial charge is 0.349 e. The highest BCUT2D eigenvalue weighted by molar-refractivity contribution is 9.10. The van der Waals surface area contributed by atoms with Gasteiger partial charge in [-0.1, -0.05) is 6.07 Å². The van der Waals surface area contributed by atoms with Crippen molar-refractivity contribution in [2.45, 2.75) is 25.8 Å². The molecule has 0 heterocycles. The van der Waals surface area contributed by atoms with Crippen molar-refractivity contribution in [3.63, 3.8) is 0 Å². The fraction of sp³-hybridized carbons (Fsp3) is 0.417. The number of halogens is 2. The molecule has 1 aromatic rings. The molecule has 16 heavy (non-hydrogen) atoms. The first-order valence-electron chi connectivity index (χ1n) is 5.34. The van der Waals surface area contributed by atoms with Crippen LogP contribution < -0.4 is 5.32 Å². The zero-order chi connectivity index (χ0) is 11.7. The van der Waals surface area contributed by atoms with Gasteiger partial charge in [-0.15, -0.1) is 0 Å². The van der Waals surface area contributed by atoms with Gasteiger partial charge >= 0.3 is 0 Å². The number of rotatable bonds is 3. The van der Waals surface area contributed by atoms with Gasteiger partial charge in [-0.2, -0.15) is 0 Å². The quantitative estimate of drug-likeness (QED) is 0.908. The van der Waals surface area contributed by atoms with E-state index in [1.807, 2.05) is 6.92 Å². The van der Waals surface area contributed by atoms with Crippen LogP contribution in [-0.4, -0.2) is 11.9 Å². The maximum Gasteiger partial charge on any atom is 0.254 e. The van der Waals surface area contributed by atoms with E-state index in [9.17, 15) is 9.18 Å². The molecule has 2 rings (SSSR count). The number of carbonyl (C=O) groups excluding carboxylic acids is 1. The predicted molar refractivity (Wildman–Crippen MR) is 63.8 cm³/mol. The molecule has 0 bridgehead atoms. The second-order valence-corrected chi connectivity index (χ2v) is 5.06. The van der Waals surface area contributed by atoms with Crippen molar-refractivity contribution in [1.29, 1.82) is 0 Å². The van der Waals surface area contributed by atoms with Crippen LogP contribution in [0.25, 0.3) is 0 Å². The molecule has 1 saturated carbocycles. The number of nitrogens with one attached hydrogen (secondary N) is 1. The van der Waals surface area contributed by atoms with Gasteiger partial charge in [0.05, 0.1) is 10.0 Å². The minimum atomic E-state index is -0.497. The van der Waals surface area contributed by atoms with Gasteiger partial charge in [0.15, 0.2) is 0 Å². The molecule has 0 saturated heterocycles. The van der Waals surface area contributed by atoms with Crippen LogP contribution in [0.15, 0.2) is 22.7 Å². The molecule has 0 spiro atoms. The highest BCUT2D eigenvalue weighted by Gasteiger charge is 2.29. The Labute approximate surface area is 102 Å². The molecule has 1 aliphatic rings. The molecule has 0 aromatic heterocycles. The summed E-state index contributed by atoms with van der Waals surface area (Å²) in [7, 11) is 0. The molecule has 0 radical (unpaired) electrons.